The van der Waals surface area contributed by atoms with E-state index in [0.29, 0.717) is 21.5 Å². The second-order valence-corrected chi connectivity index (χ2v) is 8.10. The van der Waals surface area contributed by atoms with Crippen molar-refractivity contribution in [2.75, 3.05) is 0 Å². The van der Waals surface area contributed by atoms with Crippen LogP contribution in [0.15, 0.2) is 0 Å². The van der Waals surface area contributed by atoms with Crippen molar-refractivity contribution < 1.29 is 0 Å². The van der Waals surface area contributed by atoms with E-state index in [1.54, 1.807) is 0 Å². The molecular formula is C12H26B2. The van der Waals surface area contributed by atoms with Crippen LogP contribution in [0.4, 0.5) is 0 Å². The van der Waals surface area contributed by atoms with Crippen molar-refractivity contribution in [3.05, 3.63) is 0 Å². The van der Waals surface area contributed by atoms with E-state index >= 15 is 0 Å². The second-order valence-electron chi connectivity index (χ2n) is 8.10. The van der Waals surface area contributed by atoms with E-state index in [2.05, 4.69) is 57.2 Å². The Hall–Kier alpha value is 0.130. The maximum atomic E-state index is 2.41. The normalized spacial score (nSPS) is 25.6. The lowest BCUT2D eigenvalue weighted by Gasteiger charge is -2.67. The molecule has 1 saturated carbocycles. The Balaban J connectivity index is 2.99. The maximum absolute atomic E-state index is 2.41. The molecule has 0 nitrogen and oxygen atoms in total. The zero-order chi connectivity index (χ0) is 11.4. The molecule has 1 rings (SSSR count). The molecule has 0 amide bonds. The lowest BCUT2D eigenvalue weighted by Crippen LogP contribution is -2.57. The quantitative estimate of drug-likeness (QED) is 0.516. The van der Waals surface area contributed by atoms with Gasteiger partial charge < -0.3 is 0 Å². The smallest absolute Gasteiger partial charge is 0.0834 e. The van der Waals surface area contributed by atoms with Gasteiger partial charge in [0.15, 0.2) is 0 Å². The zero-order valence-corrected chi connectivity index (χ0v) is 11.4. The third kappa shape index (κ3) is 1.66. The second kappa shape index (κ2) is 2.83. The first-order valence-electron chi connectivity index (χ1n) is 5.91. The molecule has 0 unspecified atom stereocenters. The van der Waals surface area contributed by atoms with Crippen molar-refractivity contribution in [3.8, 4) is 0 Å². The van der Waals surface area contributed by atoms with Crippen molar-refractivity contribution in [3.63, 3.8) is 0 Å². The molecule has 0 bridgehead atoms. The number of hydrogen-bond donors (Lipinski definition) is 0. The molecule has 0 N–H and O–H groups in total. The molecule has 0 aromatic heterocycles. The van der Waals surface area contributed by atoms with Crippen LogP contribution in [-0.2, 0) is 0 Å². The summed E-state index contributed by atoms with van der Waals surface area (Å²) in [5, 5.41) is 0.570. The molecule has 1 aliphatic rings. The Labute approximate surface area is 92.1 Å². The topological polar surface area (TPSA) is 0 Å². The minimum absolute atomic E-state index is 0.431. The molecule has 0 atom stereocenters. The van der Waals surface area contributed by atoms with Crippen LogP contribution in [0, 0.1) is 16.2 Å². The first-order valence-corrected chi connectivity index (χ1v) is 5.91. The van der Waals surface area contributed by atoms with Crippen molar-refractivity contribution in [1.29, 1.82) is 0 Å². The van der Waals surface area contributed by atoms with Gasteiger partial charge in [0, 0.05) is 0 Å². The standard InChI is InChI=1S/C12H26B2/c1-9(2,3)11(10(4,5)6)7-12(13,14)8-11/h7-8,13-14H2,1-6H3. The van der Waals surface area contributed by atoms with Gasteiger partial charge in [0.05, 0.1) is 15.7 Å². The molecule has 0 aromatic carbocycles. The van der Waals surface area contributed by atoms with E-state index in [9.17, 15) is 0 Å². The zero-order valence-electron chi connectivity index (χ0n) is 11.4. The third-order valence-electron chi connectivity index (χ3n) is 4.43. The van der Waals surface area contributed by atoms with Crippen LogP contribution in [0.5, 0.6) is 0 Å². The predicted octanol–water partition coefficient (Wildman–Crippen LogP) is 2.24. The minimum atomic E-state index is 0.431. The van der Waals surface area contributed by atoms with E-state index < -0.39 is 0 Å². The fourth-order valence-electron chi connectivity index (χ4n) is 3.77. The van der Waals surface area contributed by atoms with Crippen molar-refractivity contribution >= 4 is 15.7 Å². The van der Waals surface area contributed by atoms with Crippen LogP contribution in [-0.4, -0.2) is 15.7 Å². The van der Waals surface area contributed by atoms with Crippen LogP contribution in [0.1, 0.15) is 54.4 Å². The van der Waals surface area contributed by atoms with Gasteiger partial charge in [0.25, 0.3) is 0 Å². The summed E-state index contributed by atoms with van der Waals surface area (Å²) < 4.78 is 0. The molecule has 1 fully saturated rings. The van der Waals surface area contributed by atoms with E-state index in [0.717, 1.165) is 0 Å². The van der Waals surface area contributed by atoms with Gasteiger partial charge in [0.1, 0.15) is 0 Å². The molecule has 0 saturated heterocycles. The minimum Gasteiger partial charge on any atom is -0.0834 e. The van der Waals surface area contributed by atoms with Crippen LogP contribution >= 0.6 is 0 Å². The largest absolute Gasteiger partial charge is 0.0992 e. The Morgan fingerprint density at radius 2 is 1.07 bits per heavy atom. The summed E-state index contributed by atoms with van der Waals surface area (Å²) in [6, 6.07) is 0. The Kier molecular flexibility index (Phi) is 2.47. The highest BCUT2D eigenvalue weighted by atomic mass is 14.6. The van der Waals surface area contributed by atoms with Crippen LogP contribution in [0.3, 0.4) is 0 Å². The van der Waals surface area contributed by atoms with E-state index in [-0.39, 0.29) is 0 Å². The van der Waals surface area contributed by atoms with Crippen LogP contribution in [0.2, 0.25) is 5.21 Å². The van der Waals surface area contributed by atoms with Gasteiger partial charge in [-0.3, -0.25) is 0 Å². The lowest BCUT2D eigenvalue weighted by molar-refractivity contribution is -0.109. The molecule has 0 aromatic rings. The first kappa shape index (κ1) is 12.2. The molecule has 0 spiro atoms. The maximum Gasteiger partial charge on any atom is 0.0992 e. The highest BCUT2D eigenvalue weighted by Gasteiger charge is 2.60. The van der Waals surface area contributed by atoms with E-state index in [1.807, 2.05) is 0 Å². The highest BCUT2D eigenvalue weighted by Crippen LogP contribution is 2.70. The molecule has 0 aliphatic heterocycles. The van der Waals surface area contributed by atoms with Gasteiger partial charge in [-0.2, -0.15) is 0 Å². The summed E-state index contributed by atoms with van der Waals surface area (Å²) >= 11 is 0. The summed E-state index contributed by atoms with van der Waals surface area (Å²) in [4.78, 5) is 0. The average Bonchev–Trinajstić information content (AvgIpc) is 1.75. The Bertz CT molecular complexity index is 204. The van der Waals surface area contributed by atoms with Crippen molar-refractivity contribution in [2.24, 2.45) is 16.2 Å². The number of hydrogen-bond acceptors (Lipinski definition) is 0. The van der Waals surface area contributed by atoms with Gasteiger partial charge in [-0.25, -0.2) is 0 Å². The first-order chi connectivity index (χ1) is 5.91. The Morgan fingerprint density at radius 3 is 1.14 bits per heavy atom. The molecule has 0 radical (unpaired) electrons. The van der Waals surface area contributed by atoms with Crippen molar-refractivity contribution in [2.45, 2.75) is 59.6 Å². The predicted molar refractivity (Wildman–Crippen MR) is 70.4 cm³/mol. The molecule has 80 valence electrons. The van der Waals surface area contributed by atoms with E-state index in [1.165, 1.54) is 12.8 Å². The summed E-state index contributed by atoms with van der Waals surface area (Å²) in [6.45, 7) is 14.5. The SMILES string of the molecule is BC1(B)CC(C(C)(C)C)(C(C)(C)C)C1. The fraction of sp³-hybridized carbons (Fsp3) is 1.00. The third-order valence-corrected chi connectivity index (χ3v) is 4.43. The fourth-order valence-corrected chi connectivity index (χ4v) is 3.77. The van der Waals surface area contributed by atoms with Gasteiger partial charge >= 0.3 is 0 Å². The van der Waals surface area contributed by atoms with Gasteiger partial charge in [-0.15, -0.1) is 0 Å². The molecule has 0 heterocycles. The van der Waals surface area contributed by atoms with Crippen LogP contribution in [0.25, 0.3) is 0 Å². The summed E-state index contributed by atoms with van der Waals surface area (Å²) in [5.74, 6) is 0. The molecule has 2 heteroatoms. The average molecular weight is 192 g/mol. The summed E-state index contributed by atoms with van der Waals surface area (Å²) in [7, 11) is 4.81. The monoisotopic (exact) mass is 192 g/mol. The summed E-state index contributed by atoms with van der Waals surface area (Å²) in [5.41, 5.74) is 1.39. The molecule has 1 aliphatic carbocycles. The van der Waals surface area contributed by atoms with Gasteiger partial charge in [-0.1, -0.05) is 59.6 Å². The lowest BCUT2D eigenvalue weighted by atomic mass is 9.28. The highest BCUT2D eigenvalue weighted by molar-refractivity contribution is 6.40. The molecular weight excluding hydrogens is 166 g/mol. The van der Waals surface area contributed by atoms with Gasteiger partial charge in [0.2, 0.25) is 0 Å². The Morgan fingerprint density at radius 1 is 0.786 bits per heavy atom. The van der Waals surface area contributed by atoms with Gasteiger partial charge in [-0.05, 0) is 16.2 Å². The van der Waals surface area contributed by atoms with E-state index in [4.69, 9.17) is 0 Å². The molecule has 14 heavy (non-hydrogen) atoms. The van der Waals surface area contributed by atoms with Crippen molar-refractivity contribution in [1.82, 2.24) is 0 Å². The number of rotatable bonds is 0. The summed E-state index contributed by atoms with van der Waals surface area (Å²) in [6.07, 6.45) is 2.76. The van der Waals surface area contributed by atoms with Crippen LogP contribution < -0.4 is 0 Å².